The topological polar surface area (TPSA) is 55.6 Å². The molecule has 0 unspecified atom stereocenters. The van der Waals surface area contributed by atoms with Crippen LogP contribution in [0, 0.1) is 6.92 Å². The van der Waals surface area contributed by atoms with E-state index in [4.69, 9.17) is 0 Å². The van der Waals surface area contributed by atoms with Gasteiger partial charge in [0.15, 0.2) is 5.65 Å². The smallest absolute Gasteiger partial charge is 0.168 e. The average molecular weight is 351 g/mol. The van der Waals surface area contributed by atoms with Crippen LogP contribution in [0.4, 0.5) is 11.5 Å². The first kappa shape index (κ1) is 15.5. The molecule has 5 rings (SSSR count). The second-order valence-corrected chi connectivity index (χ2v) is 6.54. The molecule has 0 atom stereocenters. The maximum Gasteiger partial charge on any atom is 0.168 e. The lowest BCUT2D eigenvalue weighted by Gasteiger charge is -2.08. The molecule has 0 aliphatic heterocycles. The number of aromatic nitrogens is 4. The molecule has 0 saturated carbocycles. The molecule has 0 saturated heterocycles. The summed E-state index contributed by atoms with van der Waals surface area (Å²) in [5, 5.41) is 11.2. The van der Waals surface area contributed by atoms with E-state index in [1.54, 1.807) is 12.5 Å². The third-order valence-electron chi connectivity index (χ3n) is 4.62. The minimum Gasteiger partial charge on any atom is -0.339 e. The van der Waals surface area contributed by atoms with Crippen LogP contribution in [-0.4, -0.2) is 19.7 Å². The molecule has 3 aromatic carbocycles. The van der Waals surface area contributed by atoms with Crippen molar-refractivity contribution in [2.75, 3.05) is 5.32 Å². The predicted octanol–water partition coefficient (Wildman–Crippen LogP) is 5.02. The molecule has 0 aliphatic carbocycles. The molecule has 0 bridgehead atoms. The van der Waals surface area contributed by atoms with Crippen molar-refractivity contribution in [3.05, 3.63) is 84.8 Å². The Kier molecular flexibility index (Phi) is 3.57. The molecule has 5 aromatic rings. The average Bonchev–Trinajstić information content (AvgIpc) is 3.13. The zero-order chi connectivity index (χ0) is 18.2. The first-order valence-electron chi connectivity index (χ1n) is 8.79. The van der Waals surface area contributed by atoms with Gasteiger partial charge in [0, 0.05) is 5.69 Å². The molecule has 0 aliphatic rings. The van der Waals surface area contributed by atoms with Gasteiger partial charge in [0.05, 0.1) is 17.3 Å². The highest BCUT2D eigenvalue weighted by Gasteiger charge is 2.11. The fourth-order valence-electron chi connectivity index (χ4n) is 3.30. The standard InChI is InChI=1S/C22H17N5/c1-15-5-4-8-19(11-15)27-22-20(13-25-27)21(23-14-24-22)26-18-10-9-16-6-2-3-7-17(16)12-18/h2-14H,1H3,(H,23,24,26). The lowest BCUT2D eigenvalue weighted by atomic mass is 10.1. The van der Waals surface area contributed by atoms with Crippen molar-refractivity contribution < 1.29 is 0 Å². The molecular weight excluding hydrogens is 334 g/mol. The summed E-state index contributed by atoms with van der Waals surface area (Å²) in [6.45, 7) is 2.07. The van der Waals surface area contributed by atoms with Crippen molar-refractivity contribution in [1.29, 1.82) is 0 Å². The summed E-state index contributed by atoms with van der Waals surface area (Å²) in [6, 6.07) is 22.8. The minimum atomic E-state index is 0.745. The van der Waals surface area contributed by atoms with E-state index in [1.165, 1.54) is 16.3 Å². The number of hydrogen-bond acceptors (Lipinski definition) is 4. The van der Waals surface area contributed by atoms with Crippen LogP contribution in [0.1, 0.15) is 5.56 Å². The lowest BCUT2D eigenvalue weighted by Crippen LogP contribution is -1.99. The van der Waals surface area contributed by atoms with E-state index in [0.29, 0.717) is 0 Å². The highest BCUT2D eigenvalue weighted by atomic mass is 15.3. The molecular formula is C22H17N5. The van der Waals surface area contributed by atoms with Crippen LogP contribution in [-0.2, 0) is 0 Å². The van der Waals surface area contributed by atoms with Gasteiger partial charge in [0.25, 0.3) is 0 Å². The number of hydrogen-bond donors (Lipinski definition) is 1. The van der Waals surface area contributed by atoms with Gasteiger partial charge >= 0.3 is 0 Å². The van der Waals surface area contributed by atoms with Gasteiger partial charge in [-0.2, -0.15) is 5.10 Å². The van der Waals surface area contributed by atoms with Crippen LogP contribution < -0.4 is 5.32 Å². The van der Waals surface area contributed by atoms with Crippen LogP contribution in [0.2, 0.25) is 0 Å². The number of fused-ring (bicyclic) bond motifs is 2. The van der Waals surface area contributed by atoms with Crippen LogP contribution in [0.5, 0.6) is 0 Å². The fourth-order valence-corrected chi connectivity index (χ4v) is 3.30. The monoisotopic (exact) mass is 351 g/mol. The van der Waals surface area contributed by atoms with Gasteiger partial charge in [0.1, 0.15) is 12.1 Å². The number of nitrogens with one attached hydrogen (secondary N) is 1. The second-order valence-electron chi connectivity index (χ2n) is 6.54. The Morgan fingerprint density at radius 2 is 1.74 bits per heavy atom. The van der Waals surface area contributed by atoms with E-state index in [0.717, 1.165) is 28.2 Å². The number of aryl methyl sites for hydroxylation is 1. The van der Waals surface area contributed by atoms with Crippen molar-refractivity contribution in [3.63, 3.8) is 0 Å². The summed E-state index contributed by atoms with van der Waals surface area (Å²) in [6.07, 6.45) is 3.38. The minimum absolute atomic E-state index is 0.745. The Balaban J connectivity index is 1.57. The van der Waals surface area contributed by atoms with Crippen LogP contribution in [0.15, 0.2) is 79.3 Å². The van der Waals surface area contributed by atoms with Gasteiger partial charge in [-0.15, -0.1) is 0 Å². The summed E-state index contributed by atoms with van der Waals surface area (Å²) >= 11 is 0. The van der Waals surface area contributed by atoms with Crippen molar-refractivity contribution in [2.45, 2.75) is 6.92 Å². The molecule has 0 fully saturated rings. The van der Waals surface area contributed by atoms with Crippen LogP contribution in [0.3, 0.4) is 0 Å². The summed E-state index contributed by atoms with van der Waals surface area (Å²) in [5.74, 6) is 0.745. The fraction of sp³-hybridized carbons (Fsp3) is 0.0455. The molecule has 0 amide bonds. The summed E-state index contributed by atoms with van der Waals surface area (Å²) in [4.78, 5) is 8.88. The maximum absolute atomic E-state index is 4.53. The van der Waals surface area contributed by atoms with E-state index in [2.05, 4.69) is 69.8 Å². The van der Waals surface area contributed by atoms with Crippen molar-refractivity contribution in [3.8, 4) is 5.69 Å². The highest BCUT2D eigenvalue weighted by Crippen LogP contribution is 2.26. The quantitative estimate of drug-likeness (QED) is 0.496. The number of nitrogens with zero attached hydrogens (tertiary/aromatic N) is 4. The molecule has 27 heavy (non-hydrogen) atoms. The lowest BCUT2D eigenvalue weighted by molar-refractivity contribution is 0.894. The highest BCUT2D eigenvalue weighted by molar-refractivity contribution is 5.91. The molecule has 2 heterocycles. The molecule has 5 heteroatoms. The van der Waals surface area contributed by atoms with E-state index in [1.807, 2.05) is 28.9 Å². The summed E-state index contributed by atoms with van der Waals surface area (Å²) in [7, 11) is 0. The predicted molar refractivity (Wildman–Crippen MR) is 109 cm³/mol. The Hall–Kier alpha value is -3.73. The van der Waals surface area contributed by atoms with Gasteiger partial charge in [-0.25, -0.2) is 14.6 Å². The molecule has 0 spiro atoms. The molecule has 1 N–H and O–H groups in total. The molecule has 130 valence electrons. The normalized spacial score (nSPS) is 11.1. The van der Waals surface area contributed by atoms with Crippen molar-refractivity contribution >= 4 is 33.3 Å². The van der Waals surface area contributed by atoms with E-state index in [9.17, 15) is 0 Å². The van der Waals surface area contributed by atoms with Gasteiger partial charge in [-0.05, 0) is 47.5 Å². The van der Waals surface area contributed by atoms with Crippen LogP contribution in [0.25, 0.3) is 27.5 Å². The number of anilines is 2. The van der Waals surface area contributed by atoms with Crippen LogP contribution >= 0.6 is 0 Å². The largest absolute Gasteiger partial charge is 0.339 e. The van der Waals surface area contributed by atoms with Gasteiger partial charge < -0.3 is 5.32 Å². The number of benzene rings is 3. The molecule has 5 nitrogen and oxygen atoms in total. The third kappa shape index (κ3) is 2.79. The Labute approximate surface area is 156 Å². The van der Waals surface area contributed by atoms with E-state index in [-0.39, 0.29) is 0 Å². The number of rotatable bonds is 3. The maximum atomic E-state index is 4.53. The van der Waals surface area contributed by atoms with E-state index >= 15 is 0 Å². The van der Waals surface area contributed by atoms with Crippen molar-refractivity contribution in [2.24, 2.45) is 0 Å². The summed E-state index contributed by atoms with van der Waals surface area (Å²) in [5.41, 5.74) is 3.93. The SMILES string of the molecule is Cc1cccc(-n2ncc3c(Nc4ccc5ccccc5c4)ncnc32)c1. The first-order valence-corrected chi connectivity index (χ1v) is 8.79. The zero-order valence-corrected chi connectivity index (χ0v) is 14.8. The first-order chi connectivity index (χ1) is 13.3. The van der Waals surface area contributed by atoms with Crippen molar-refractivity contribution in [1.82, 2.24) is 19.7 Å². The zero-order valence-electron chi connectivity index (χ0n) is 14.8. The Bertz CT molecular complexity index is 1270. The Morgan fingerprint density at radius 1 is 0.852 bits per heavy atom. The van der Waals surface area contributed by atoms with E-state index < -0.39 is 0 Å². The van der Waals surface area contributed by atoms with Gasteiger partial charge in [-0.1, -0.05) is 42.5 Å². The Morgan fingerprint density at radius 3 is 2.63 bits per heavy atom. The molecule has 0 radical (unpaired) electrons. The van der Waals surface area contributed by atoms with Gasteiger partial charge in [-0.3, -0.25) is 0 Å². The van der Waals surface area contributed by atoms with Gasteiger partial charge in [0.2, 0.25) is 0 Å². The summed E-state index contributed by atoms with van der Waals surface area (Å²) < 4.78 is 1.84. The molecule has 2 aromatic heterocycles. The third-order valence-corrected chi connectivity index (χ3v) is 4.62. The second kappa shape index (κ2) is 6.21.